The Morgan fingerprint density at radius 1 is 1.04 bits per heavy atom. The van der Waals surface area contributed by atoms with Gasteiger partial charge in [0.25, 0.3) is 0 Å². The van der Waals surface area contributed by atoms with Crippen LogP contribution in [0.1, 0.15) is 61.9 Å². The number of phenolic OH excluding ortho intramolecular Hbond substituents is 3. The van der Waals surface area contributed by atoms with E-state index in [0.717, 1.165) is 11.3 Å². The molecule has 5 rings (SSSR count). The molecule has 268 valence electrons. The average molecular weight is 687 g/mol. The van der Waals surface area contributed by atoms with Crippen molar-refractivity contribution in [3.63, 3.8) is 0 Å². The summed E-state index contributed by atoms with van der Waals surface area (Å²) in [6, 6.07) is 15.3. The highest BCUT2D eigenvalue weighted by Gasteiger charge is 2.57. The van der Waals surface area contributed by atoms with Crippen molar-refractivity contribution in [2.45, 2.75) is 76.4 Å². The molecule has 50 heavy (non-hydrogen) atoms. The monoisotopic (exact) mass is 686 g/mol. The summed E-state index contributed by atoms with van der Waals surface area (Å²) in [6.07, 6.45) is 3.35. The number of pyridine rings is 1. The minimum atomic E-state index is -1.14. The van der Waals surface area contributed by atoms with Crippen LogP contribution in [-0.4, -0.2) is 62.2 Å². The first-order valence-electron chi connectivity index (χ1n) is 17.1. The molecule has 2 aromatic heterocycles. The van der Waals surface area contributed by atoms with E-state index in [0.29, 0.717) is 49.2 Å². The summed E-state index contributed by atoms with van der Waals surface area (Å²) in [4.78, 5) is 23.5. The van der Waals surface area contributed by atoms with E-state index in [-0.39, 0.29) is 59.8 Å². The van der Waals surface area contributed by atoms with Crippen molar-refractivity contribution in [3.8, 4) is 28.7 Å². The molecule has 2 heterocycles. The van der Waals surface area contributed by atoms with Crippen molar-refractivity contribution in [1.29, 1.82) is 0 Å². The van der Waals surface area contributed by atoms with E-state index in [9.17, 15) is 30.3 Å². The van der Waals surface area contributed by atoms with E-state index in [1.54, 1.807) is 36.7 Å². The maximum Gasteiger partial charge on any atom is 0.200 e. The number of anilines is 1. The Labute approximate surface area is 292 Å². The van der Waals surface area contributed by atoms with Crippen molar-refractivity contribution in [2.24, 2.45) is 17.8 Å². The van der Waals surface area contributed by atoms with E-state index in [4.69, 9.17) is 15.2 Å². The molecular formula is C39H48N3O8-. The van der Waals surface area contributed by atoms with E-state index in [1.807, 2.05) is 32.0 Å². The van der Waals surface area contributed by atoms with Crippen LogP contribution < -0.4 is 20.2 Å². The molecule has 5 atom stereocenters. The molecule has 11 nitrogen and oxygen atoms in total. The van der Waals surface area contributed by atoms with E-state index in [1.165, 1.54) is 19.2 Å². The number of aliphatic hydroxyl groups excluding tert-OH is 2. The fraction of sp³-hybridized carbons (Fsp3) is 0.436. The Morgan fingerprint density at radius 3 is 2.52 bits per heavy atom. The van der Waals surface area contributed by atoms with Gasteiger partial charge in [0.15, 0.2) is 23.0 Å². The molecule has 0 amide bonds. The number of aromatic nitrogens is 2. The number of carbonyl (C=O) groups is 1. The summed E-state index contributed by atoms with van der Waals surface area (Å²) in [6.45, 7) is 4.27. The number of carbonyl (C=O) groups excluding carboxylic acids is 1. The Kier molecular flexibility index (Phi) is 11.6. The van der Waals surface area contributed by atoms with Gasteiger partial charge in [0.05, 0.1) is 31.8 Å². The van der Waals surface area contributed by atoms with Gasteiger partial charge >= 0.3 is 0 Å². The highest BCUT2D eigenvalue weighted by Crippen LogP contribution is 2.54. The molecule has 0 aliphatic heterocycles. The summed E-state index contributed by atoms with van der Waals surface area (Å²) in [5.74, 6) is -1.49. The smallest absolute Gasteiger partial charge is 0.200 e. The second kappa shape index (κ2) is 15.9. The number of Topliss-reactive ketones (excluding diaryl/α,β-unsaturated/α-hetero) is 1. The predicted molar refractivity (Wildman–Crippen MR) is 188 cm³/mol. The van der Waals surface area contributed by atoms with Crippen LogP contribution in [-0.2, 0) is 29.5 Å². The van der Waals surface area contributed by atoms with E-state index in [2.05, 4.69) is 9.97 Å². The minimum Gasteiger partial charge on any atom is -0.668 e. The molecule has 7 N–H and O–H groups in total. The fourth-order valence-electron chi connectivity index (χ4n) is 7.57. The zero-order valence-electron chi connectivity index (χ0n) is 28.8. The molecular weight excluding hydrogens is 638 g/mol. The lowest BCUT2D eigenvalue weighted by molar-refractivity contribution is -0.132. The maximum absolute atomic E-state index is 14.8. The number of aryl methyl sites for hydroxylation is 2. The standard InChI is InChI=1S/C39H48N3O8/c1-23(2)22-50-35-19-25(17-33(47)38(35)48)8-11-32(46)37(31(45)10-7-24-6-9-30(44)34(18-24)49-3)39(26-13-16-42-36(40)20-26)14-12-29(43)28(39)21-27-5-4-15-41-27/h4-6,9,13,15-20,23,28-29,31,37,43-45,47-48H,7-8,10-12,14,21-22H2,1-3H3,(H2,40,42)/q-1. The summed E-state index contributed by atoms with van der Waals surface area (Å²) < 4.78 is 11.0. The average Bonchev–Trinajstić information content (AvgIpc) is 3.73. The second-order valence-corrected chi connectivity index (χ2v) is 13.8. The number of rotatable bonds is 16. The number of methoxy groups -OCH3 is 1. The van der Waals surface area contributed by atoms with Gasteiger partial charge in [-0.3, -0.25) is 4.79 Å². The summed E-state index contributed by atoms with van der Waals surface area (Å²) in [5.41, 5.74) is 8.08. The lowest BCUT2D eigenvalue weighted by Gasteiger charge is -2.45. The van der Waals surface area contributed by atoms with Gasteiger partial charge in [-0.15, -0.1) is 0 Å². The van der Waals surface area contributed by atoms with Crippen LogP contribution in [0.3, 0.4) is 0 Å². The summed E-state index contributed by atoms with van der Waals surface area (Å²) in [7, 11) is 1.47. The number of ketones is 1. The summed E-state index contributed by atoms with van der Waals surface area (Å²) in [5, 5.41) is 54.8. The molecule has 4 aromatic rings. The van der Waals surface area contributed by atoms with Gasteiger partial charge in [-0.05, 0) is 103 Å². The van der Waals surface area contributed by atoms with Crippen molar-refractivity contribution in [1.82, 2.24) is 9.97 Å². The quantitative estimate of drug-likeness (QED) is 0.0885. The topological polar surface area (TPSA) is 190 Å². The number of ether oxygens (including phenoxy) is 2. The lowest BCUT2D eigenvalue weighted by Crippen LogP contribution is -2.51. The fourth-order valence-corrected chi connectivity index (χ4v) is 7.57. The van der Waals surface area contributed by atoms with Crippen LogP contribution in [0.15, 0.2) is 67.0 Å². The van der Waals surface area contributed by atoms with Crippen molar-refractivity contribution in [2.75, 3.05) is 19.5 Å². The molecule has 11 heteroatoms. The zero-order chi connectivity index (χ0) is 36.0. The highest BCUT2D eigenvalue weighted by molar-refractivity contribution is 5.84. The number of nitrogens with zero attached hydrogens (tertiary/aromatic N) is 2. The number of aliphatic hydroxyl groups is 2. The third-order valence-electron chi connectivity index (χ3n) is 9.95. The molecule has 0 bridgehead atoms. The van der Waals surface area contributed by atoms with Gasteiger partial charge in [0.1, 0.15) is 11.6 Å². The number of benzene rings is 2. The number of hydrogen-bond acceptors (Lipinski definition) is 10. The van der Waals surface area contributed by atoms with Gasteiger partial charge in [-0.2, -0.15) is 11.9 Å². The van der Waals surface area contributed by atoms with Crippen LogP contribution in [0, 0.1) is 17.8 Å². The molecule has 5 unspecified atom stereocenters. The third kappa shape index (κ3) is 8.00. The Hall–Kier alpha value is -4.74. The Bertz CT molecular complexity index is 1740. The largest absolute Gasteiger partial charge is 0.668 e. The Balaban J connectivity index is 1.54. The van der Waals surface area contributed by atoms with Gasteiger partial charge in [-0.1, -0.05) is 32.0 Å². The SMILES string of the molecule is COc1cc(CCC(O)C(C(=O)CCc2cc(O)c(O)c(OCC(C)C)c2)C2(c3ccnc(N)c3)CCC(O)C2Cc2ccc[n-]2)ccc1O. The molecule has 1 fully saturated rings. The molecule has 0 radical (unpaired) electrons. The van der Waals surface area contributed by atoms with Crippen LogP contribution in [0.4, 0.5) is 5.82 Å². The first-order valence-corrected chi connectivity index (χ1v) is 17.1. The molecule has 0 spiro atoms. The molecule has 2 aromatic carbocycles. The molecule has 1 saturated carbocycles. The predicted octanol–water partition coefficient (Wildman–Crippen LogP) is 4.84. The summed E-state index contributed by atoms with van der Waals surface area (Å²) >= 11 is 0. The normalized spacial score (nSPS) is 20.1. The number of hydrogen-bond donors (Lipinski definition) is 6. The zero-order valence-corrected chi connectivity index (χ0v) is 28.8. The van der Waals surface area contributed by atoms with Gasteiger partial charge < -0.3 is 45.7 Å². The van der Waals surface area contributed by atoms with Crippen molar-refractivity contribution >= 4 is 11.6 Å². The van der Waals surface area contributed by atoms with E-state index < -0.39 is 29.5 Å². The van der Waals surface area contributed by atoms with Crippen LogP contribution >= 0.6 is 0 Å². The second-order valence-electron chi connectivity index (χ2n) is 13.8. The molecule has 1 aliphatic carbocycles. The van der Waals surface area contributed by atoms with Crippen LogP contribution in [0.25, 0.3) is 0 Å². The third-order valence-corrected chi connectivity index (χ3v) is 9.95. The Morgan fingerprint density at radius 2 is 1.82 bits per heavy atom. The molecule has 1 aliphatic rings. The number of phenols is 3. The highest BCUT2D eigenvalue weighted by atomic mass is 16.5. The van der Waals surface area contributed by atoms with Crippen LogP contribution in [0.2, 0.25) is 0 Å². The van der Waals surface area contributed by atoms with E-state index >= 15 is 0 Å². The molecule has 0 saturated heterocycles. The first kappa shape index (κ1) is 36.5. The lowest BCUT2D eigenvalue weighted by atomic mass is 9.58. The van der Waals surface area contributed by atoms with Gasteiger partial charge in [0, 0.05) is 18.0 Å². The first-order chi connectivity index (χ1) is 23.9. The number of aromatic hydroxyl groups is 3. The van der Waals surface area contributed by atoms with Crippen molar-refractivity contribution < 1.29 is 39.8 Å². The van der Waals surface area contributed by atoms with Gasteiger partial charge in [-0.25, -0.2) is 4.98 Å². The number of nitrogens with two attached hydrogens (primary N) is 1. The number of nitrogen functional groups attached to an aromatic ring is 1. The van der Waals surface area contributed by atoms with Crippen LogP contribution in [0.5, 0.6) is 28.7 Å². The van der Waals surface area contributed by atoms with Crippen molar-refractivity contribution in [3.05, 3.63) is 89.4 Å². The van der Waals surface area contributed by atoms with Gasteiger partial charge in [0.2, 0.25) is 5.75 Å². The maximum atomic E-state index is 14.8. The minimum absolute atomic E-state index is 0.000943.